The molecule has 0 aliphatic heterocycles. The molecule has 2 aromatic rings. The van der Waals surface area contributed by atoms with E-state index in [1.807, 2.05) is 13.8 Å². The number of benzene rings is 2. The van der Waals surface area contributed by atoms with Crippen molar-refractivity contribution in [2.45, 2.75) is 37.3 Å². The summed E-state index contributed by atoms with van der Waals surface area (Å²) in [6.45, 7) is 3.78. The second-order valence-corrected chi connectivity index (χ2v) is 9.66. The van der Waals surface area contributed by atoms with Crippen molar-refractivity contribution in [2.24, 2.45) is 10.9 Å². The van der Waals surface area contributed by atoms with Crippen molar-refractivity contribution in [3.05, 3.63) is 54.1 Å². The fourth-order valence-electron chi connectivity index (χ4n) is 3.10. The molecule has 31 heavy (non-hydrogen) atoms. The molecule has 4 N–H and O–H groups in total. The van der Waals surface area contributed by atoms with Crippen LogP contribution in [0.1, 0.15) is 19.4 Å². The van der Waals surface area contributed by atoms with E-state index in [4.69, 9.17) is 5.73 Å². The second-order valence-electron chi connectivity index (χ2n) is 7.72. The summed E-state index contributed by atoms with van der Waals surface area (Å²) >= 11 is 0. The van der Waals surface area contributed by atoms with Crippen LogP contribution in [0.2, 0.25) is 0 Å². The van der Waals surface area contributed by atoms with Crippen LogP contribution in [0.3, 0.4) is 0 Å². The van der Waals surface area contributed by atoms with E-state index >= 15 is 0 Å². The van der Waals surface area contributed by atoms with Gasteiger partial charge in [0, 0.05) is 0 Å². The Labute approximate surface area is 183 Å². The maximum absolute atomic E-state index is 13.2. The molecular formula is C21H28BN3O5S. The van der Waals surface area contributed by atoms with Gasteiger partial charge in [-0.3, -0.25) is 0 Å². The summed E-state index contributed by atoms with van der Waals surface area (Å²) in [5.74, 6) is 0.125. The Hall–Kier alpha value is -2.56. The molecule has 0 bridgehead atoms. The second kappa shape index (κ2) is 11.2. The standard InChI is InChI=1S/C21H28BN3O5S/c1-15(2)12-25(31(29,30)19-9-5-17(23)6-10-19)13-21(27)20(24-14-22-28)11-16-3-7-18(26)8-4-16/h3-10,14-15,20-21,26-27H,11-13,23H2,1-2H3/b24-14-/t20-,21?/m0/s1. The Balaban J connectivity index is 2.29. The van der Waals surface area contributed by atoms with E-state index < -0.39 is 22.2 Å². The molecule has 2 aromatic carbocycles. The minimum atomic E-state index is -3.88. The first kappa shape index (κ1) is 24.7. The van der Waals surface area contributed by atoms with Gasteiger partial charge in [0.2, 0.25) is 0 Å². The van der Waals surface area contributed by atoms with Crippen LogP contribution in [0.15, 0.2) is 58.4 Å². The molecule has 0 aliphatic carbocycles. The van der Waals surface area contributed by atoms with E-state index in [1.165, 1.54) is 40.7 Å². The number of hydrogen-bond donors (Lipinski definition) is 3. The van der Waals surface area contributed by atoms with Crippen molar-refractivity contribution >= 4 is 29.0 Å². The monoisotopic (exact) mass is 445 g/mol. The van der Waals surface area contributed by atoms with Gasteiger partial charge >= 0.3 is 184 Å². The third kappa shape index (κ3) is 7.27. The van der Waals surface area contributed by atoms with Crippen LogP contribution in [0.4, 0.5) is 5.69 Å². The fraction of sp³-hybridized carbons (Fsp3) is 0.381. The zero-order valence-corrected chi connectivity index (χ0v) is 18.4. The van der Waals surface area contributed by atoms with Crippen LogP contribution in [-0.4, -0.2) is 61.4 Å². The van der Waals surface area contributed by atoms with Crippen molar-refractivity contribution in [1.82, 2.24) is 4.31 Å². The molecule has 0 radical (unpaired) electrons. The molecule has 2 atom stereocenters. The number of aliphatic hydroxyl groups excluding tert-OH is 1. The summed E-state index contributed by atoms with van der Waals surface area (Å²) in [5, 5.41) is 20.3. The number of anilines is 1. The molecule has 0 saturated carbocycles. The molecule has 0 aromatic heterocycles. The molecule has 0 amide bonds. The molecule has 10 heteroatoms. The molecule has 0 fully saturated rings. The summed E-state index contributed by atoms with van der Waals surface area (Å²) in [5.41, 5.74) is 6.90. The number of aliphatic imine (C=N–C) groups is 1. The van der Waals surface area contributed by atoms with Gasteiger partial charge in [-0.1, -0.05) is 0 Å². The van der Waals surface area contributed by atoms with Crippen molar-refractivity contribution < 1.29 is 23.3 Å². The first-order valence-electron chi connectivity index (χ1n) is 9.92. The summed E-state index contributed by atoms with van der Waals surface area (Å²) in [6.07, 6.45) is 0.158. The normalized spacial score (nSPS) is 14.1. The Bertz CT molecular complexity index is 979. The summed E-state index contributed by atoms with van der Waals surface area (Å²) < 4.78 is 38.4. The first-order valence-corrected chi connectivity index (χ1v) is 11.4. The number of aromatic hydroxyl groups is 1. The summed E-state index contributed by atoms with van der Waals surface area (Å²) in [7, 11) is -3.37. The maximum atomic E-state index is 13.2. The van der Waals surface area contributed by atoms with E-state index in [0.717, 1.165) is 11.7 Å². The van der Waals surface area contributed by atoms with Crippen LogP contribution in [0, 0.1) is 5.92 Å². The Morgan fingerprint density at radius 3 is 2.26 bits per heavy atom. The number of nitrogen functional groups attached to an aromatic ring is 1. The summed E-state index contributed by atoms with van der Waals surface area (Å²) in [6, 6.07) is 11.5. The number of sulfonamides is 1. The quantitative estimate of drug-likeness (QED) is 0.274. The van der Waals surface area contributed by atoms with Crippen LogP contribution < -0.4 is 5.73 Å². The number of aliphatic hydroxyl groups is 1. The van der Waals surface area contributed by atoms with E-state index in [9.17, 15) is 23.3 Å². The zero-order valence-electron chi connectivity index (χ0n) is 17.6. The Morgan fingerprint density at radius 1 is 1.10 bits per heavy atom. The molecule has 8 nitrogen and oxygen atoms in total. The molecule has 166 valence electrons. The van der Waals surface area contributed by atoms with Gasteiger partial charge in [-0.25, -0.2) is 0 Å². The topological polar surface area (TPSA) is 133 Å². The fourth-order valence-corrected chi connectivity index (χ4v) is 4.73. The predicted octanol–water partition coefficient (Wildman–Crippen LogP) is 1.67. The summed E-state index contributed by atoms with van der Waals surface area (Å²) in [4.78, 5) is 4.20. The average molecular weight is 445 g/mol. The molecule has 1 unspecified atom stereocenters. The van der Waals surface area contributed by atoms with Crippen molar-refractivity contribution in [1.29, 1.82) is 0 Å². The number of hydrogen-bond acceptors (Lipinski definition) is 7. The molecule has 0 heterocycles. The van der Waals surface area contributed by atoms with Crippen molar-refractivity contribution in [2.75, 3.05) is 18.8 Å². The molecular weight excluding hydrogens is 417 g/mol. The van der Waals surface area contributed by atoms with Gasteiger partial charge in [-0.2, -0.15) is 0 Å². The number of rotatable bonds is 11. The van der Waals surface area contributed by atoms with Crippen molar-refractivity contribution in [3.8, 4) is 5.75 Å². The predicted molar refractivity (Wildman–Crippen MR) is 121 cm³/mol. The number of nitrogens with zero attached hydrogens (tertiary/aromatic N) is 2. The SMILES string of the molecule is CC(C)CN(CC(O)[C@H](Cc1ccc(O)cc1)/N=C\B=O)S(=O)(=O)c1ccc(N)cc1. The van der Waals surface area contributed by atoms with E-state index in [2.05, 4.69) is 4.99 Å². The van der Waals surface area contributed by atoms with Crippen LogP contribution >= 0.6 is 0 Å². The van der Waals surface area contributed by atoms with E-state index in [1.54, 1.807) is 12.1 Å². The van der Waals surface area contributed by atoms with Gasteiger partial charge < -0.3 is 0 Å². The molecule has 0 aliphatic rings. The average Bonchev–Trinajstić information content (AvgIpc) is 2.72. The van der Waals surface area contributed by atoms with Gasteiger partial charge in [-0.15, -0.1) is 0 Å². The zero-order chi connectivity index (χ0) is 23.0. The number of phenolic OH excluding ortho intramolecular Hbond substituents is 1. The molecule has 0 saturated heterocycles. The van der Waals surface area contributed by atoms with Crippen LogP contribution in [-0.2, 0) is 21.1 Å². The third-order valence-corrected chi connectivity index (χ3v) is 6.49. The Kier molecular flexibility index (Phi) is 8.91. The number of nitrogens with two attached hydrogens (primary N) is 1. The van der Waals surface area contributed by atoms with E-state index in [0.29, 0.717) is 12.8 Å². The number of phenols is 1. The van der Waals surface area contributed by atoms with Crippen molar-refractivity contribution in [3.63, 3.8) is 0 Å². The first-order chi connectivity index (χ1) is 14.6. The third-order valence-electron chi connectivity index (χ3n) is 4.64. The van der Waals surface area contributed by atoms with Crippen LogP contribution in [0.5, 0.6) is 5.75 Å². The minimum absolute atomic E-state index is 0.0183. The van der Waals surface area contributed by atoms with Gasteiger partial charge in [0.15, 0.2) is 0 Å². The van der Waals surface area contributed by atoms with Crippen LogP contribution in [0.25, 0.3) is 0 Å². The molecule has 2 rings (SSSR count). The Morgan fingerprint density at radius 2 is 1.71 bits per heavy atom. The molecule has 0 spiro atoms. The van der Waals surface area contributed by atoms with Gasteiger partial charge in [0.05, 0.1) is 0 Å². The van der Waals surface area contributed by atoms with E-state index in [-0.39, 0.29) is 36.1 Å². The van der Waals surface area contributed by atoms with Gasteiger partial charge in [0.1, 0.15) is 0 Å². The van der Waals surface area contributed by atoms with Gasteiger partial charge in [0.25, 0.3) is 0 Å². The van der Waals surface area contributed by atoms with Gasteiger partial charge in [-0.05, 0) is 0 Å².